The first-order valence-corrected chi connectivity index (χ1v) is 8.88. The largest absolute Gasteiger partial charge is 0.497 e. The molecule has 0 aromatic heterocycles. The molecule has 0 bridgehead atoms. The van der Waals surface area contributed by atoms with E-state index in [0.29, 0.717) is 5.75 Å². The van der Waals surface area contributed by atoms with Crippen molar-refractivity contribution < 1.29 is 14.3 Å². The van der Waals surface area contributed by atoms with Gasteiger partial charge in [0.2, 0.25) is 0 Å². The fourth-order valence-electron chi connectivity index (χ4n) is 2.41. The molecular formula is C24H26O3. The van der Waals surface area contributed by atoms with Crippen LogP contribution >= 0.6 is 0 Å². The molecular weight excluding hydrogens is 336 g/mol. The van der Waals surface area contributed by atoms with Gasteiger partial charge in [0.25, 0.3) is 0 Å². The number of hydrogen-bond donors (Lipinski definition) is 0. The predicted octanol–water partition coefficient (Wildman–Crippen LogP) is 5.03. The molecule has 0 fully saturated rings. The van der Waals surface area contributed by atoms with Crippen LogP contribution in [0.25, 0.3) is 6.08 Å². The van der Waals surface area contributed by atoms with Crippen molar-refractivity contribution in [1.82, 2.24) is 0 Å². The molecule has 27 heavy (non-hydrogen) atoms. The van der Waals surface area contributed by atoms with Crippen LogP contribution in [0.3, 0.4) is 0 Å². The lowest BCUT2D eigenvalue weighted by molar-refractivity contribution is -0.112. The smallest absolute Gasteiger partial charge is 0.152 e. The molecule has 2 rings (SSSR count). The molecule has 0 spiro atoms. The third-order valence-electron chi connectivity index (χ3n) is 4.00. The van der Waals surface area contributed by atoms with E-state index in [1.54, 1.807) is 19.3 Å². The first kappa shape index (κ1) is 20.3. The lowest BCUT2D eigenvalue weighted by atomic mass is 9.86. The van der Waals surface area contributed by atoms with Gasteiger partial charge in [-0.15, -0.1) is 0 Å². The summed E-state index contributed by atoms with van der Waals surface area (Å²) in [5.41, 5.74) is 2.98. The Bertz CT molecular complexity index is 873. The maximum atomic E-state index is 11.3. The fourth-order valence-corrected chi connectivity index (χ4v) is 2.41. The van der Waals surface area contributed by atoms with E-state index in [9.17, 15) is 4.79 Å². The minimum atomic E-state index is 0.00130. The van der Waals surface area contributed by atoms with Crippen molar-refractivity contribution in [3.63, 3.8) is 0 Å². The second-order valence-corrected chi connectivity index (χ2v) is 7.27. The Balaban J connectivity index is 2.15. The molecule has 140 valence electrons. The molecule has 0 unspecified atom stereocenters. The Morgan fingerprint density at radius 3 is 2.41 bits per heavy atom. The maximum Gasteiger partial charge on any atom is 0.152 e. The Morgan fingerprint density at radius 1 is 1.11 bits per heavy atom. The second kappa shape index (κ2) is 9.09. The van der Waals surface area contributed by atoms with Crippen LogP contribution in [0.15, 0.2) is 48.5 Å². The van der Waals surface area contributed by atoms with Crippen molar-refractivity contribution in [2.75, 3.05) is 13.7 Å². The number of allylic oxidation sites excluding steroid dienone is 1. The van der Waals surface area contributed by atoms with E-state index >= 15 is 0 Å². The van der Waals surface area contributed by atoms with E-state index in [4.69, 9.17) is 9.47 Å². The van der Waals surface area contributed by atoms with Crippen LogP contribution in [0.4, 0.5) is 0 Å². The fraction of sp³-hybridized carbons (Fsp3) is 0.292. The normalized spacial score (nSPS) is 11.0. The third kappa shape index (κ3) is 6.34. The summed E-state index contributed by atoms with van der Waals surface area (Å²) in [4.78, 5) is 11.3. The Labute approximate surface area is 162 Å². The van der Waals surface area contributed by atoms with E-state index in [2.05, 4.69) is 44.7 Å². The van der Waals surface area contributed by atoms with Gasteiger partial charge in [-0.1, -0.05) is 38.7 Å². The van der Waals surface area contributed by atoms with Crippen LogP contribution < -0.4 is 9.47 Å². The second-order valence-electron chi connectivity index (χ2n) is 7.27. The molecule has 0 aliphatic carbocycles. The van der Waals surface area contributed by atoms with Crippen LogP contribution in [0.2, 0.25) is 0 Å². The number of rotatable bonds is 5. The van der Waals surface area contributed by atoms with Crippen molar-refractivity contribution in [3.05, 3.63) is 65.2 Å². The molecule has 2 aromatic carbocycles. The molecule has 0 heterocycles. The maximum absolute atomic E-state index is 11.3. The summed E-state index contributed by atoms with van der Waals surface area (Å²) >= 11 is 0. The monoisotopic (exact) mass is 362 g/mol. The molecule has 2 aromatic rings. The average molecular weight is 362 g/mol. The van der Waals surface area contributed by atoms with E-state index in [1.165, 1.54) is 12.5 Å². The summed E-state index contributed by atoms with van der Waals surface area (Å²) < 4.78 is 11.0. The van der Waals surface area contributed by atoms with Crippen molar-refractivity contribution in [2.24, 2.45) is 0 Å². The summed E-state index contributed by atoms with van der Waals surface area (Å²) in [6.07, 6.45) is 3.35. The molecule has 0 saturated heterocycles. The zero-order valence-electron chi connectivity index (χ0n) is 16.6. The van der Waals surface area contributed by atoms with E-state index < -0.39 is 0 Å². The first-order valence-electron chi connectivity index (χ1n) is 8.88. The molecule has 0 atom stereocenters. The highest BCUT2D eigenvalue weighted by Gasteiger charge is 2.15. The van der Waals surface area contributed by atoms with Crippen LogP contribution in [-0.2, 0) is 10.2 Å². The third-order valence-corrected chi connectivity index (χ3v) is 4.00. The van der Waals surface area contributed by atoms with E-state index in [-0.39, 0.29) is 17.8 Å². The number of methoxy groups -OCH3 is 1. The molecule has 3 nitrogen and oxygen atoms in total. The number of carbonyl (C=O) groups is 1. The molecule has 0 aliphatic rings. The first-order chi connectivity index (χ1) is 12.8. The van der Waals surface area contributed by atoms with Crippen molar-refractivity contribution in [3.8, 4) is 23.3 Å². The van der Waals surface area contributed by atoms with Crippen LogP contribution in [0.5, 0.6) is 11.5 Å². The number of ketones is 1. The summed E-state index contributed by atoms with van der Waals surface area (Å²) in [6, 6.07) is 13.6. The van der Waals surface area contributed by atoms with Crippen molar-refractivity contribution >= 4 is 11.9 Å². The molecule has 0 saturated carbocycles. The van der Waals surface area contributed by atoms with Gasteiger partial charge in [-0.2, -0.15) is 0 Å². The highest BCUT2D eigenvalue weighted by molar-refractivity contribution is 5.91. The standard InChI is InChI=1S/C24H26O3/c1-18(25)8-11-20-17-21(24(2,3)4)12-15-23(20)27-16-6-7-19-9-13-22(26-5)14-10-19/h8-15,17H,16H2,1-5H3/b11-8+. The van der Waals surface area contributed by atoms with E-state index in [1.807, 2.05) is 30.3 Å². The zero-order chi connectivity index (χ0) is 19.9. The minimum Gasteiger partial charge on any atom is -0.497 e. The summed E-state index contributed by atoms with van der Waals surface area (Å²) in [5.74, 6) is 7.61. The summed E-state index contributed by atoms with van der Waals surface area (Å²) in [5, 5.41) is 0. The van der Waals surface area contributed by atoms with Gasteiger partial charge in [0.15, 0.2) is 5.78 Å². The van der Waals surface area contributed by atoms with Gasteiger partial charge in [-0.25, -0.2) is 0 Å². The minimum absolute atomic E-state index is 0.00130. The lowest BCUT2D eigenvalue weighted by Crippen LogP contribution is -2.11. The van der Waals surface area contributed by atoms with Crippen LogP contribution in [0.1, 0.15) is 44.4 Å². The molecule has 0 amide bonds. The summed E-state index contributed by atoms with van der Waals surface area (Å²) in [6.45, 7) is 8.26. The topological polar surface area (TPSA) is 35.5 Å². The number of carbonyl (C=O) groups excluding carboxylic acids is 1. The van der Waals surface area contributed by atoms with Gasteiger partial charge in [0, 0.05) is 11.1 Å². The number of hydrogen-bond acceptors (Lipinski definition) is 3. The highest BCUT2D eigenvalue weighted by Crippen LogP contribution is 2.29. The van der Waals surface area contributed by atoms with Crippen LogP contribution in [0, 0.1) is 11.8 Å². The van der Waals surface area contributed by atoms with E-state index in [0.717, 1.165) is 16.9 Å². The number of benzene rings is 2. The Morgan fingerprint density at radius 2 is 1.81 bits per heavy atom. The van der Waals surface area contributed by atoms with Crippen molar-refractivity contribution in [1.29, 1.82) is 0 Å². The quantitative estimate of drug-likeness (QED) is 0.553. The highest BCUT2D eigenvalue weighted by atomic mass is 16.5. The van der Waals surface area contributed by atoms with Gasteiger partial charge in [-0.05, 0) is 66.5 Å². The van der Waals surface area contributed by atoms with Gasteiger partial charge < -0.3 is 9.47 Å². The zero-order valence-corrected chi connectivity index (χ0v) is 16.6. The SMILES string of the molecule is COc1ccc(C#CCOc2ccc(C(C)(C)C)cc2/C=C/C(C)=O)cc1. The lowest BCUT2D eigenvalue weighted by Gasteiger charge is -2.20. The van der Waals surface area contributed by atoms with Gasteiger partial charge in [-0.3, -0.25) is 4.79 Å². The number of ether oxygens (including phenoxy) is 2. The molecule has 0 radical (unpaired) electrons. The predicted molar refractivity (Wildman–Crippen MR) is 110 cm³/mol. The average Bonchev–Trinajstić information content (AvgIpc) is 2.63. The molecule has 3 heteroatoms. The Kier molecular flexibility index (Phi) is 6.85. The van der Waals surface area contributed by atoms with Crippen molar-refractivity contribution in [2.45, 2.75) is 33.1 Å². The summed E-state index contributed by atoms with van der Waals surface area (Å²) in [7, 11) is 1.64. The molecule has 0 N–H and O–H groups in total. The van der Waals surface area contributed by atoms with Gasteiger partial charge >= 0.3 is 0 Å². The van der Waals surface area contributed by atoms with Crippen LogP contribution in [-0.4, -0.2) is 19.5 Å². The van der Waals surface area contributed by atoms with Gasteiger partial charge in [0.1, 0.15) is 18.1 Å². The van der Waals surface area contributed by atoms with Gasteiger partial charge in [0.05, 0.1) is 7.11 Å². The molecule has 0 aliphatic heterocycles. The Hall–Kier alpha value is -2.99.